The number of aryl methyl sites for hydroxylation is 4. The van der Waals surface area contributed by atoms with Crippen molar-refractivity contribution in [1.29, 1.82) is 21.0 Å². The fourth-order valence-corrected chi connectivity index (χ4v) is 27.0. The summed E-state index contributed by atoms with van der Waals surface area (Å²) in [6.45, 7) is 44.3. The summed E-state index contributed by atoms with van der Waals surface area (Å²) in [6, 6.07) is 39.2. The Balaban J connectivity index is 0.000000164. The van der Waals surface area contributed by atoms with Gasteiger partial charge >= 0.3 is 0 Å². The molecule has 1 amide bonds. The van der Waals surface area contributed by atoms with E-state index in [0.717, 1.165) is 205 Å². The van der Waals surface area contributed by atoms with Gasteiger partial charge in [0.15, 0.2) is 5.96 Å². The van der Waals surface area contributed by atoms with Crippen LogP contribution in [0.2, 0.25) is 0 Å². The number of carbonyl (C=O) groups is 1. The lowest BCUT2D eigenvalue weighted by molar-refractivity contribution is -0.111. The Hall–Kier alpha value is -10.4. The Labute approximate surface area is 884 Å². The van der Waals surface area contributed by atoms with Crippen LogP contribution in [-0.2, 0) is 151 Å². The van der Waals surface area contributed by atoms with E-state index in [0.29, 0.717) is 114 Å². The average Bonchev–Trinajstić information content (AvgIpc) is 0.764. The first-order valence-electron chi connectivity index (χ1n) is 49.5. The largest absolute Gasteiger partial charge is 0.372 e. The van der Waals surface area contributed by atoms with Gasteiger partial charge < -0.3 is 74.3 Å². The number of aromatic nitrogens is 4. The number of hydrogen-bond donors (Lipinski definition) is 4. The van der Waals surface area contributed by atoms with Crippen molar-refractivity contribution in [2.45, 2.75) is 280 Å². The SMILES string of the molecule is C=CC(=O)Nc1ccc(CCSc2nc(N3CC(C)OC(C)C3)c3c(c2C#N)CC(C)(C)OC3)cc1.CC1CN(c2nc(SCCc3ccc(N(S(C)(=O)=O)S(C)(=O)=O)cc3)c(C#N)c3c2COC(C)(C)C3)CC(C)O1.CC1CN(c2nc(SCCc3ccc(N=C(N)N)cc3)c(C#N)c3c2COC(C)(C)C3)CC(C)O1.CC1CN(c2nc(SCCc3ccc(NS(C)(=O)=O)cc3)c(C#N)c3c2COC(C)(C)C3)CC(C)O1. The summed E-state index contributed by atoms with van der Waals surface area (Å²) in [4.78, 5) is 44.8. The van der Waals surface area contributed by atoms with Gasteiger partial charge in [0.25, 0.3) is 0 Å². The van der Waals surface area contributed by atoms with E-state index in [-0.39, 0.29) is 83.2 Å². The third-order valence-electron chi connectivity index (χ3n) is 25.7. The molecule has 8 aliphatic rings. The molecule has 788 valence electrons. The summed E-state index contributed by atoms with van der Waals surface area (Å²) < 4.78 is 122. The first-order valence-corrected chi connectivity index (χ1v) is 59.0. The van der Waals surface area contributed by atoms with Crippen molar-refractivity contribution in [2.24, 2.45) is 16.5 Å². The highest BCUT2D eigenvalue weighted by molar-refractivity contribution is 8.09. The van der Waals surface area contributed by atoms with Crippen molar-refractivity contribution < 1.29 is 67.9 Å². The fourth-order valence-electron chi connectivity index (χ4n) is 19.5. The van der Waals surface area contributed by atoms with Crippen molar-refractivity contribution in [2.75, 3.05) is 127 Å². The molecule has 4 saturated heterocycles. The van der Waals surface area contributed by atoms with Crippen molar-refractivity contribution >= 4 is 135 Å². The van der Waals surface area contributed by atoms with Gasteiger partial charge in [-0.25, -0.2) is 50.2 Å². The quantitative estimate of drug-likeness (QED) is 0.0153. The molecule has 0 radical (unpaired) electrons. The molecule has 6 N–H and O–H groups in total. The van der Waals surface area contributed by atoms with Crippen LogP contribution in [0.3, 0.4) is 0 Å². The van der Waals surface area contributed by atoms with Crippen molar-refractivity contribution in [3.8, 4) is 24.3 Å². The number of thioether (sulfide) groups is 4. The lowest BCUT2D eigenvalue weighted by Crippen LogP contribution is -2.47. The van der Waals surface area contributed by atoms with Crippen LogP contribution >= 0.6 is 47.0 Å². The van der Waals surface area contributed by atoms with Gasteiger partial charge in [-0.2, -0.15) is 24.8 Å². The van der Waals surface area contributed by atoms with E-state index in [1.807, 2.05) is 88.4 Å². The number of guanidine groups is 1. The minimum absolute atomic E-state index is 0.0456. The molecule has 147 heavy (non-hydrogen) atoms. The van der Waals surface area contributed by atoms with Crippen LogP contribution in [0.1, 0.15) is 200 Å². The zero-order chi connectivity index (χ0) is 107. The van der Waals surface area contributed by atoms with Gasteiger partial charge in [0.2, 0.25) is 36.0 Å². The highest BCUT2D eigenvalue weighted by Crippen LogP contribution is 2.46. The monoisotopic (exact) mass is 2140 g/mol. The summed E-state index contributed by atoms with van der Waals surface area (Å²) in [5, 5.41) is 46.4. The van der Waals surface area contributed by atoms with Crippen LogP contribution < -0.4 is 44.8 Å². The number of fused-ring (bicyclic) bond motifs is 4. The minimum atomic E-state index is -4.00. The number of nitrogens with one attached hydrogen (secondary N) is 2. The average molecular weight is 2140 g/mol. The van der Waals surface area contributed by atoms with E-state index >= 15 is 0 Å². The number of morpholine rings is 4. The van der Waals surface area contributed by atoms with E-state index < -0.39 is 35.7 Å². The number of amides is 1. The Morgan fingerprint density at radius 2 is 0.660 bits per heavy atom. The van der Waals surface area contributed by atoms with Crippen molar-refractivity contribution in [3.05, 3.63) is 199 Å². The summed E-state index contributed by atoms with van der Waals surface area (Å²) in [7, 11) is -11.3. The zero-order valence-electron chi connectivity index (χ0n) is 87.5. The molecule has 40 heteroatoms. The van der Waals surface area contributed by atoms with Crippen molar-refractivity contribution in [1.82, 2.24) is 19.9 Å². The Bertz CT molecular complexity index is 6600. The second-order valence-corrected chi connectivity index (χ2v) is 51.2. The van der Waals surface area contributed by atoms with Crippen LogP contribution in [0.5, 0.6) is 0 Å². The molecular formula is C107H138N18O15S7. The number of aliphatic imine (C=N–C) groups is 1. The highest BCUT2D eigenvalue weighted by Gasteiger charge is 2.42. The van der Waals surface area contributed by atoms with E-state index in [9.17, 15) is 51.1 Å². The van der Waals surface area contributed by atoms with Crippen LogP contribution in [0, 0.1) is 45.3 Å². The van der Waals surface area contributed by atoms with Crippen LogP contribution in [-0.4, -0.2) is 222 Å². The van der Waals surface area contributed by atoms with Gasteiger partial charge in [0.05, 0.1) is 150 Å². The molecule has 8 unspecified atom stereocenters. The number of carbonyl (C=O) groups excluding carboxylic acids is 1. The molecule has 4 fully saturated rings. The number of anilines is 7. The molecular weight excluding hydrogens is 2000 g/mol. The number of benzene rings is 4. The fraction of sp³-hybridized carbons (Fsp3) is 0.514. The predicted octanol–water partition coefficient (Wildman–Crippen LogP) is 16.1. The maximum atomic E-state index is 12.1. The highest BCUT2D eigenvalue weighted by atomic mass is 32.3. The molecule has 0 spiro atoms. The molecule has 8 aromatic rings. The van der Waals surface area contributed by atoms with Crippen LogP contribution in [0.15, 0.2) is 135 Å². The minimum Gasteiger partial charge on any atom is -0.372 e. The Kier molecular flexibility index (Phi) is 37.7. The Morgan fingerprint density at radius 1 is 0.415 bits per heavy atom. The number of hydrogen-bond acceptors (Lipinski definition) is 32. The molecule has 0 bridgehead atoms. The first-order chi connectivity index (χ1) is 69.4. The number of nitriles is 4. The topological polar surface area (TPSA) is 445 Å². The maximum Gasteiger partial charge on any atom is 0.247 e. The maximum absolute atomic E-state index is 12.1. The van der Waals surface area contributed by atoms with E-state index in [4.69, 9.17) is 69.3 Å². The number of ether oxygens (including phenoxy) is 8. The van der Waals surface area contributed by atoms with Crippen LogP contribution in [0.4, 0.5) is 46.0 Å². The predicted molar refractivity (Wildman–Crippen MR) is 583 cm³/mol. The molecule has 16 rings (SSSR count). The molecule has 33 nitrogen and oxygen atoms in total. The molecule has 8 aliphatic heterocycles. The van der Waals surface area contributed by atoms with Gasteiger partial charge in [0, 0.05) is 135 Å². The standard InChI is InChI=1S/C28H34N4O3S.C27H36N4O6S3.C26H34N6O2S.C26H34N4O4S2/c1-6-25(33)30-21-9-7-20(8-10-21)11-12-36-27-23(14-29)22-13-28(4,5)34-17-24(22)26(31-27)32-15-18(2)35-19(3)16-32;1-18-15-30(16-19(2)37-18)25-24-17-36-27(3,4)13-22(24)23(14-28)26(29-25)38-12-11-20-7-9-21(10-8-20)31(39(5,32)33)40(6,34)35;1-16-13-32(14-17(2)34-16)23-22-15-33-26(3,4)11-20(22)21(12-27)24(31-23)35-10-9-18-5-7-19(8-6-18)30-25(28)29;1-17-14-30(15-18(2)34-17)24-23-16-33-26(3,4)12-21(23)22(13-27)25(28-24)35-11-10-19-6-8-20(9-7-19)29-36(5,31)32/h6-10,18-19H,1,11-13,15-17H2,2-5H3,(H,30,33);7-10,18-19H,11-13,15-17H2,1-6H3;5-8,16-17H,9-11,13-15H2,1-4H3,(H4,28,29,30);6-9,17-18,29H,10-12,14-16H2,1-5H3. The Morgan fingerprint density at radius 3 is 0.891 bits per heavy atom. The van der Waals surface area contributed by atoms with Gasteiger partial charge in [-0.3, -0.25) is 9.52 Å². The summed E-state index contributed by atoms with van der Waals surface area (Å²) in [6.07, 6.45) is 10.5. The van der Waals surface area contributed by atoms with E-state index in [2.05, 4.69) is 149 Å². The summed E-state index contributed by atoms with van der Waals surface area (Å²) >= 11 is 6.35. The van der Waals surface area contributed by atoms with Gasteiger partial charge in [-0.1, -0.05) is 55.1 Å². The van der Waals surface area contributed by atoms with E-state index in [1.54, 1.807) is 59.6 Å². The van der Waals surface area contributed by atoms with Crippen LogP contribution in [0.25, 0.3) is 0 Å². The number of pyridine rings is 4. The smallest absolute Gasteiger partial charge is 0.247 e. The third kappa shape index (κ3) is 30.8. The zero-order valence-corrected chi connectivity index (χ0v) is 93.2. The molecule has 12 heterocycles. The summed E-state index contributed by atoms with van der Waals surface area (Å²) in [5.74, 6) is 6.38. The number of rotatable bonds is 28. The number of nitrogens with two attached hydrogens (primary N) is 2. The molecule has 4 aromatic heterocycles. The first kappa shape index (κ1) is 114. The van der Waals surface area contributed by atoms with Gasteiger partial charge in [0.1, 0.15) is 67.7 Å². The number of sulfonamides is 3. The van der Waals surface area contributed by atoms with Crippen molar-refractivity contribution in [3.63, 3.8) is 0 Å². The second kappa shape index (κ2) is 48.7. The molecule has 8 atom stereocenters. The van der Waals surface area contributed by atoms with E-state index in [1.165, 1.54) is 35.5 Å². The molecule has 4 aromatic carbocycles. The molecule has 0 saturated carbocycles. The summed E-state index contributed by atoms with van der Waals surface area (Å²) in [5.41, 5.74) is 26.8. The number of nitrogens with zero attached hydrogens (tertiary/aromatic N) is 14. The lowest BCUT2D eigenvalue weighted by Gasteiger charge is -2.40. The third-order valence-corrected chi connectivity index (χ3v) is 33.5. The normalized spacial score (nSPS) is 21.1. The van der Waals surface area contributed by atoms with Gasteiger partial charge in [-0.15, -0.1) is 47.0 Å². The molecule has 0 aliphatic carbocycles. The van der Waals surface area contributed by atoms with Gasteiger partial charge in [-0.05, 0) is 236 Å². The second-order valence-electron chi connectivity index (χ2n) is 41.2. The lowest BCUT2D eigenvalue weighted by atomic mass is 9.89.